The van der Waals surface area contributed by atoms with Crippen molar-refractivity contribution in [2.45, 2.75) is 18.8 Å². The van der Waals surface area contributed by atoms with Crippen molar-refractivity contribution in [3.63, 3.8) is 0 Å². The number of hydrogen-bond donors (Lipinski definition) is 2. The Balaban J connectivity index is 2.36. The monoisotopic (exact) mass is 243 g/mol. The summed E-state index contributed by atoms with van der Waals surface area (Å²) in [7, 11) is 0. The van der Waals surface area contributed by atoms with Gasteiger partial charge in [-0.1, -0.05) is 24.6 Å². The van der Waals surface area contributed by atoms with Crippen molar-refractivity contribution in [2.75, 3.05) is 13.2 Å². The molecule has 4 heteroatoms. The van der Waals surface area contributed by atoms with Crippen LogP contribution in [0.4, 0.5) is 4.39 Å². The van der Waals surface area contributed by atoms with Crippen molar-refractivity contribution < 1.29 is 9.50 Å². The zero-order valence-electron chi connectivity index (χ0n) is 9.13. The van der Waals surface area contributed by atoms with E-state index in [9.17, 15) is 9.50 Å². The average molecular weight is 244 g/mol. The second-order valence-electron chi connectivity index (χ2n) is 4.78. The molecule has 88 valence electrons. The summed E-state index contributed by atoms with van der Waals surface area (Å²) < 4.78 is 13.1. The zero-order chi connectivity index (χ0) is 12.0. The van der Waals surface area contributed by atoms with E-state index in [1.165, 1.54) is 6.07 Å². The van der Waals surface area contributed by atoms with Crippen LogP contribution in [0.3, 0.4) is 0 Å². The van der Waals surface area contributed by atoms with E-state index in [1.807, 2.05) is 6.92 Å². The Morgan fingerprint density at radius 3 is 2.69 bits per heavy atom. The van der Waals surface area contributed by atoms with E-state index >= 15 is 0 Å². The van der Waals surface area contributed by atoms with Gasteiger partial charge in [-0.3, -0.25) is 0 Å². The minimum atomic E-state index is -0.419. The molecule has 2 rings (SSSR count). The van der Waals surface area contributed by atoms with Gasteiger partial charge in [0.1, 0.15) is 5.82 Å². The Kier molecular flexibility index (Phi) is 2.73. The molecular weight excluding hydrogens is 229 g/mol. The molecule has 0 aliphatic heterocycles. The minimum absolute atomic E-state index is 0.0506. The van der Waals surface area contributed by atoms with Crippen molar-refractivity contribution >= 4 is 11.6 Å². The molecule has 2 atom stereocenters. The third kappa shape index (κ3) is 1.46. The standard InChI is InChI=1S/C12H15ClFNO/c1-11(5-12(11,6-15)7-16)8-2-3-10(14)9(13)4-8/h2-4,16H,5-7,15H2,1H3. The predicted molar refractivity (Wildman–Crippen MR) is 62.0 cm³/mol. The number of halogens is 2. The maximum absolute atomic E-state index is 13.1. The number of hydrogen-bond acceptors (Lipinski definition) is 2. The van der Waals surface area contributed by atoms with Crippen LogP contribution in [-0.4, -0.2) is 18.3 Å². The third-order valence-corrected chi connectivity index (χ3v) is 4.28. The maximum Gasteiger partial charge on any atom is 0.141 e. The molecule has 0 radical (unpaired) electrons. The van der Waals surface area contributed by atoms with E-state index in [1.54, 1.807) is 12.1 Å². The molecule has 0 heterocycles. The lowest BCUT2D eigenvalue weighted by Crippen LogP contribution is -2.27. The van der Waals surface area contributed by atoms with Crippen LogP contribution in [-0.2, 0) is 5.41 Å². The first-order valence-electron chi connectivity index (χ1n) is 5.25. The van der Waals surface area contributed by atoms with E-state index in [0.29, 0.717) is 6.54 Å². The summed E-state index contributed by atoms with van der Waals surface area (Å²) in [6.07, 6.45) is 0.814. The molecular formula is C12H15ClFNO. The minimum Gasteiger partial charge on any atom is -0.396 e. The lowest BCUT2D eigenvalue weighted by molar-refractivity contribution is 0.198. The zero-order valence-corrected chi connectivity index (χ0v) is 9.89. The van der Waals surface area contributed by atoms with E-state index < -0.39 is 5.82 Å². The van der Waals surface area contributed by atoms with Gasteiger partial charge in [0.05, 0.1) is 11.6 Å². The highest BCUT2D eigenvalue weighted by Gasteiger charge is 2.63. The Hall–Kier alpha value is -0.640. The van der Waals surface area contributed by atoms with Crippen LogP contribution in [0.1, 0.15) is 18.9 Å². The molecule has 1 aliphatic carbocycles. The Bertz CT molecular complexity index is 419. The molecule has 0 spiro atoms. The summed E-state index contributed by atoms with van der Waals surface area (Å²) in [6, 6.07) is 4.71. The highest BCUT2D eigenvalue weighted by Crippen LogP contribution is 2.63. The topological polar surface area (TPSA) is 46.2 Å². The fraction of sp³-hybridized carbons (Fsp3) is 0.500. The summed E-state index contributed by atoms with van der Waals surface area (Å²) >= 11 is 5.76. The van der Waals surface area contributed by atoms with Crippen molar-refractivity contribution in [3.8, 4) is 0 Å². The number of rotatable bonds is 3. The highest BCUT2D eigenvalue weighted by molar-refractivity contribution is 6.30. The van der Waals surface area contributed by atoms with Gasteiger partial charge in [-0.05, 0) is 24.1 Å². The second kappa shape index (κ2) is 3.69. The number of aliphatic hydroxyl groups excluding tert-OH is 1. The van der Waals surface area contributed by atoms with Crippen LogP contribution < -0.4 is 5.73 Å². The van der Waals surface area contributed by atoms with E-state index in [2.05, 4.69) is 0 Å². The van der Waals surface area contributed by atoms with Gasteiger partial charge >= 0.3 is 0 Å². The quantitative estimate of drug-likeness (QED) is 0.854. The molecule has 1 aromatic rings. The number of benzene rings is 1. The predicted octanol–water partition coefficient (Wildman–Crippen LogP) is 2.08. The third-order valence-electron chi connectivity index (χ3n) is 3.99. The number of nitrogens with two attached hydrogens (primary N) is 1. The van der Waals surface area contributed by atoms with E-state index in [-0.39, 0.29) is 22.5 Å². The smallest absolute Gasteiger partial charge is 0.141 e. The fourth-order valence-electron chi connectivity index (χ4n) is 2.47. The molecule has 1 fully saturated rings. The van der Waals surface area contributed by atoms with Crippen LogP contribution in [0.25, 0.3) is 0 Å². The van der Waals surface area contributed by atoms with E-state index in [0.717, 1.165) is 12.0 Å². The van der Waals surface area contributed by atoms with Crippen molar-refractivity contribution in [1.82, 2.24) is 0 Å². The van der Waals surface area contributed by atoms with Gasteiger partial charge in [0.2, 0.25) is 0 Å². The first kappa shape index (κ1) is 11.8. The molecule has 3 N–H and O–H groups in total. The molecule has 1 saturated carbocycles. The molecule has 0 aromatic heterocycles. The van der Waals surface area contributed by atoms with Gasteiger partial charge in [0, 0.05) is 17.4 Å². The van der Waals surface area contributed by atoms with E-state index in [4.69, 9.17) is 17.3 Å². The van der Waals surface area contributed by atoms with Crippen molar-refractivity contribution in [1.29, 1.82) is 0 Å². The summed E-state index contributed by atoms with van der Waals surface area (Å²) in [5, 5.41) is 9.51. The Morgan fingerprint density at radius 1 is 1.56 bits per heavy atom. The lowest BCUT2D eigenvalue weighted by atomic mass is 9.88. The van der Waals surface area contributed by atoms with Crippen LogP contribution >= 0.6 is 11.6 Å². The van der Waals surface area contributed by atoms with Crippen LogP contribution in [0.5, 0.6) is 0 Å². The molecule has 1 aromatic carbocycles. The molecule has 2 nitrogen and oxygen atoms in total. The maximum atomic E-state index is 13.1. The molecule has 0 saturated heterocycles. The molecule has 0 bridgehead atoms. The molecule has 1 aliphatic rings. The van der Waals surface area contributed by atoms with Crippen LogP contribution in [0.15, 0.2) is 18.2 Å². The van der Waals surface area contributed by atoms with Gasteiger partial charge < -0.3 is 10.8 Å². The fourth-order valence-corrected chi connectivity index (χ4v) is 2.65. The Labute approximate surface area is 99.2 Å². The SMILES string of the molecule is CC1(c2ccc(F)c(Cl)c2)CC1(CN)CO. The molecule has 16 heavy (non-hydrogen) atoms. The van der Waals surface area contributed by atoms with Gasteiger partial charge in [-0.15, -0.1) is 0 Å². The van der Waals surface area contributed by atoms with Crippen LogP contribution in [0, 0.1) is 11.2 Å². The van der Waals surface area contributed by atoms with Crippen LogP contribution in [0.2, 0.25) is 5.02 Å². The van der Waals surface area contributed by atoms with Gasteiger partial charge in [-0.25, -0.2) is 4.39 Å². The van der Waals surface area contributed by atoms with Crippen molar-refractivity contribution in [3.05, 3.63) is 34.6 Å². The summed E-state index contributed by atoms with van der Waals surface area (Å²) in [4.78, 5) is 0. The van der Waals surface area contributed by atoms with Gasteiger partial charge in [0.15, 0.2) is 0 Å². The van der Waals surface area contributed by atoms with Crippen molar-refractivity contribution in [2.24, 2.45) is 11.1 Å². The summed E-state index contributed by atoms with van der Waals surface area (Å²) in [5.74, 6) is -0.419. The Morgan fingerprint density at radius 2 is 2.25 bits per heavy atom. The van der Waals surface area contributed by atoms with Gasteiger partial charge in [0.25, 0.3) is 0 Å². The summed E-state index contributed by atoms with van der Waals surface area (Å²) in [5.41, 5.74) is 6.18. The molecule has 2 unspecified atom stereocenters. The summed E-state index contributed by atoms with van der Waals surface area (Å²) in [6.45, 7) is 2.50. The number of aliphatic hydroxyl groups is 1. The second-order valence-corrected chi connectivity index (χ2v) is 5.19. The largest absolute Gasteiger partial charge is 0.396 e. The van der Waals surface area contributed by atoms with Gasteiger partial charge in [-0.2, -0.15) is 0 Å². The lowest BCUT2D eigenvalue weighted by Gasteiger charge is -2.20. The molecule has 0 amide bonds. The first-order valence-corrected chi connectivity index (χ1v) is 5.63. The average Bonchev–Trinajstić information content (AvgIpc) is 2.90. The normalized spacial score (nSPS) is 32.8. The first-order chi connectivity index (χ1) is 7.49. The highest BCUT2D eigenvalue weighted by atomic mass is 35.5.